The fourth-order valence-corrected chi connectivity index (χ4v) is 1.87. The molecule has 0 radical (unpaired) electrons. The van der Waals surface area contributed by atoms with Gasteiger partial charge in [0.05, 0.1) is 11.6 Å². The first-order chi connectivity index (χ1) is 9.76. The zero-order chi connectivity index (χ0) is 13.9. The number of oxazole rings is 1. The van der Waals surface area contributed by atoms with Gasteiger partial charge in [0.15, 0.2) is 12.0 Å². The van der Waals surface area contributed by atoms with E-state index in [1.54, 1.807) is 42.5 Å². The van der Waals surface area contributed by atoms with Gasteiger partial charge in [0.25, 0.3) is 5.91 Å². The van der Waals surface area contributed by atoms with Crippen LogP contribution in [0.25, 0.3) is 11.1 Å². The highest BCUT2D eigenvalue weighted by Crippen LogP contribution is 2.18. The first-order valence-corrected chi connectivity index (χ1v) is 5.91. The van der Waals surface area contributed by atoms with Gasteiger partial charge in [0.2, 0.25) is 0 Å². The maximum atomic E-state index is 12.1. The molecule has 1 N–H and O–H groups in total. The van der Waals surface area contributed by atoms with Gasteiger partial charge in [-0.3, -0.25) is 4.79 Å². The lowest BCUT2D eigenvalue weighted by Crippen LogP contribution is -2.11. The number of carbonyl (C=O) groups excluding carboxylic acids is 1. The molecule has 0 aliphatic rings. The predicted octanol–water partition coefficient (Wildman–Crippen LogP) is 2.95. The fraction of sp³-hybridized carbons (Fsp3) is 0. The Kier molecular flexibility index (Phi) is 2.90. The number of benzene rings is 2. The largest absolute Gasteiger partial charge is 0.443 e. The molecule has 0 saturated carbocycles. The minimum absolute atomic E-state index is 0.273. The molecule has 0 fully saturated rings. The van der Waals surface area contributed by atoms with Crippen LogP contribution in [0.2, 0.25) is 0 Å². The van der Waals surface area contributed by atoms with E-state index in [1.165, 1.54) is 6.39 Å². The molecule has 0 bridgehead atoms. The Bertz CT molecular complexity index is 830. The topological polar surface area (TPSA) is 78.9 Å². The average Bonchev–Trinajstić information content (AvgIpc) is 2.95. The molecule has 1 amide bonds. The van der Waals surface area contributed by atoms with Gasteiger partial charge in [-0.15, -0.1) is 0 Å². The molecule has 96 valence electrons. The second-order valence-electron chi connectivity index (χ2n) is 4.18. The second kappa shape index (κ2) is 4.86. The summed E-state index contributed by atoms with van der Waals surface area (Å²) in [6.45, 7) is 0. The van der Waals surface area contributed by atoms with Crippen LogP contribution in [0.1, 0.15) is 15.9 Å². The van der Waals surface area contributed by atoms with Gasteiger partial charge in [0, 0.05) is 11.3 Å². The van der Waals surface area contributed by atoms with E-state index in [1.807, 2.05) is 6.07 Å². The molecule has 0 atom stereocenters. The smallest absolute Gasteiger partial charge is 0.255 e. The summed E-state index contributed by atoms with van der Waals surface area (Å²) in [7, 11) is 0. The lowest BCUT2D eigenvalue weighted by molar-refractivity contribution is 0.102. The molecule has 1 heterocycles. The Labute approximate surface area is 114 Å². The van der Waals surface area contributed by atoms with Crippen LogP contribution in [-0.2, 0) is 0 Å². The molecule has 0 aliphatic carbocycles. The van der Waals surface area contributed by atoms with Crippen LogP contribution < -0.4 is 5.32 Å². The van der Waals surface area contributed by atoms with E-state index in [-0.39, 0.29) is 5.91 Å². The lowest BCUT2D eigenvalue weighted by atomic mass is 10.1. The van der Waals surface area contributed by atoms with Crippen molar-refractivity contribution in [1.82, 2.24) is 4.98 Å². The van der Waals surface area contributed by atoms with Crippen molar-refractivity contribution in [2.45, 2.75) is 0 Å². The first-order valence-electron chi connectivity index (χ1n) is 5.91. The monoisotopic (exact) mass is 263 g/mol. The molecule has 3 rings (SSSR count). The highest BCUT2D eigenvalue weighted by molar-refractivity contribution is 6.05. The van der Waals surface area contributed by atoms with Crippen LogP contribution >= 0.6 is 0 Å². The molecular weight excluding hydrogens is 254 g/mol. The summed E-state index contributed by atoms with van der Waals surface area (Å²) in [5.74, 6) is -0.273. The van der Waals surface area contributed by atoms with E-state index in [2.05, 4.69) is 10.3 Å². The van der Waals surface area contributed by atoms with Crippen molar-refractivity contribution in [3.8, 4) is 6.07 Å². The molecule has 1 aromatic heterocycles. The number of rotatable bonds is 2. The molecule has 0 saturated heterocycles. The SMILES string of the molecule is N#Cc1cccc(C(=O)Nc2ccc3ocnc3c2)c1. The number of anilines is 1. The molecule has 20 heavy (non-hydrogen) atoms. The van der Waals surface area contributed by atoms with Gasteiger partial charge >= 0.3 is 0 Å². The van der Waals surface area contributed by atoms with E-state index in [9.17, 15) is 4.79 Å². The molecule has 2 aromatic carbocycles. The quantitative estimate of drug-likeness (QED) is 0.770. The number of nitrogens with one attached hydrogen (secondary N) is 1. The average molecular weight is 263 g/mol. The molecule has 0 aliphatic heterocycles. The number of amides is 1. The minimum Gasteiger partial charge on any atom is -0.443 e. The van der Waals surface area contributed by atoms with Gasteiger partial charge in [0.1, 0.15) is 5.52 Å². The van der Waals surface area contributed by atoms with Crippen LogP contribution in [0, 0.1) is 11.3 Å². The Morgan fingerprint density at radius 2 is 2.15 bits per heavy atom. The van der Waals surface area contributed by atoms with Crippen molar-refractivity contribution in [2.75, 3.05) is 5.32 Å². The van der Waals surface area contributed by atoms with Gasteiger partial charge in [-0.25, -0.2) is 4.98 Å². The summed E-state index contributed by atoms with van der Waals surface area (Å²) in [5.41, 5.74) is 2.84. The molecule has 3 aromatic rings. The number of hydrogen-bond acceptors (Lipinski definition) is 4. The number of hydrogen-bond donors (Lipinski definition) is 1. The molecular formula is C15H9N3O2. The Balaban J connectivity index is 1.86. The summed E-state index contributed by atoms with van der Waals surface area (Å²) >= 11 is 0. The summed E-state index contributed by atoms with van der Waals surface area (Å²) in [6, 6.07) is 13.7. The van der Waals surface area contributed by atoms with Crippen molar-refractivity contribution in [2.24, 2.45) is 0 Å². The number of nitrogens with zero attached hydrogens (tertiary/aromatic N) is 2. The second-order valence-corrected chi connectivity index (χ2v) is 4.18. The zero-order valence-corrected chi connectivity index (χ0v) is 10.3. The summed E-state index contributed by atoms with van der Waals surface area (Å²) < 4.78 is 5.13. The van der Waals surface area contributed by atoms with Gasteiger partial charge < -0.3 is 9.73 Å². The van der Waals surface area contributed by atoms with E-state index in [0.29, 0.717) is 27.9 Å². The third kappa shape index (κ3) is 2.22. The fourth-order valence-electron chi connectivity index (χ4n) is 1.87. The van der Waals surface area contributed by atoms with Crippen LogP contribution in [0.3, 0.4) is 0 Å². The van der Waals surface area contributed by atoms with Gasteiger partial charge in [-0.05, 0) is 36.4 Å². The maximum Gasteiger partial charge on any atom is 0.255 e. The van der Waals surface area contributed by atoms with Crippen molar-refractivity contribution in [3.63, 3.8) is 0 Å². The number of fused-ring (bicyclic) bond motifs is 1. The van der Waals surface area contributed by atoms with E-state index in [0.717, 1.165) is 0 Å². The zero-order valence-electron chi connectivity index (χ0n) is 10.3. The van der Waals surface area contributed by atoms with E-state index < -0.39 is 0 Å². The molecule has 5 heteroatoms. The van der Waals surface area contributed by atoms with Crippen molar-refractivity contribution >= 4 is 22.7 Å². The van der Waals surface area contributed by atoms with Crippen LogP contribution in [0.4, 0.5) is 5.69 Å². The normalized spacial score (nSPS) is 10.2. The Morgan fingerprint density at radius 1 is 1.25 bits per heavy atom. The summed E-state index contributed by atoms with van der Waals surface area (Å²) in [4.78, 5) is 16.1. The molecule has 0 unspecified atom stereocenters. The van der Waals surface area contributed by atoms with E-state index >= 15 is 0 Å². The molecule has 5 nitrogen and oxygen atoms in total. The molecule has 0 spiro atoms. The maximum absolute atomic E-state index is 12.1. The minimum atomic E-state index is -0.273. The van der Waals surface area contributed by atoms with Crippen molar-refractivity contribution in [3.05, 3.63) is 60.0 Å². The van der Waals surface area contributed by atoms with Gasteiger partial charge in [-0.2, -0.15) is 5.26 Å². The van der Waals surface area contributed by atoms with Crippen LogP contribution in [-0.4, -0.2) is 10.9 Å². The van der Waals surface area contributed by atoms with Crippen molar-refractivity contribution < 1.29 is 9.21 Å². The number of aromatic nitrogens is 1. The summed E-state index contributed by atoms with van der Waals surface area (Å²) in [5, 5.41) is 11.6. The third-order valence-corrected chi connectivity index (χ3v) is 2.84. The highest BCUT2D eigenvalue weighted by Gasteiger charge is 2.08. The standard InChI is InChI=1S/C15H9N3O2/c16-8-10-2-1-3-11(6-10)15(19)18-12-4-5-14-13(7-12)17-9-20-14/h1-7,9H,(H,18,19). The van der Waals surface area contributed by atoms with Gasteiger partial charge in [-0.1, -0.05) is 6.07 Å². The van der Waals surface area contributed by atoms with E-state index in [4.69, 9.17) is 9.68 Å². The number of nitriles is 1. The Morgan fingerprint density at radius 3 is 3.00 bits per heavy atom. The Hall–Kier alpha value is -3.13. The van der Waals surface area contributed by atoms with Crippen LogP contribution in [0.15, 0.2) is 53.3 Å². The predicted molar refractivity (Wildman–Crippen MR) is 73.1 cm³/mol. The summed E-state index contributed by atoms with van der Waals surface area (Å²) in [6.07, 6.45) is 1.35. The third-order valence-electron chi connectivity index (χ3n) is 2.84. The van der Waals surface area contributed by atoms with Crippen LogP contribution in [0.5, 0.6) is 0 Å². The first kappa shape index (κ1) is 11.9. The highest BCUT2D eigenvalue weighted by atomic mass is 16.3. The lowest BCUT2D eigenvalue weighted by Gasteiger charge is -2.05. The van der Waals surface area contributed by atoms with Crippen molar-refractivity contribution in [1.29, 1.82) is 5.26 Å². The number of carbonyl (C=O) groups is 1.